The van der Waals surface area contributed by atoms with Crippen LogP contribution >= 0.6 is 0 Å². The second-order valence-corrected chi connectivity index (χ2v) is 7.60. The maximum atomic E-state index is 13.1. The maximum Gasteiger partial charge on any atom is 0.268 e. The van der Waals surface area contributed by atoms with E-state index in [0.717, 1.165) is 43.2 Å². The van der Waals surface area contributed by atoms with Gasteiger partial charge in [0, 0.05) is 50.8 Å². The smallest absolute Gasteiger partial charge is 0.268 e. The Kier molecular flexibility index (Phi) is 5.47. The van der Waals surface area contributed by atoms with Gasteiger partial charge in [0.05, 0.1) is 11.4 Å². The fraction of sp³-hybridized carbons (Fsp3) is 0.261. The van der Waals surface area contributed by atoms with Gasteiger partial charge in [-0.25, -0.2) is 4.98 Å². The Balaban J connectivity index is 1.31. The Morgan fingerprint density at radius 1 is 1.06 bits per heavy atom. The fourth-order valence-corrected chi connectivity index (χ4v) is 3.92. The second-order valence-electron chi connectivity index (χ2n) is 7.60. The number of carbonyl (C=O) groups is 1. The predicted octanol–water partition coefficient (Wildman–Crippen LogP) is 2.67. The van der Waals surface area contributed by atoms with E-state index in [1.54, 1.807) is 4.90 Å². The van der Waals surface area contributed by atoms with Crippen molar-refractivity contribution in [3.8, 4) is 5.88 Å². The minimum Gasteiger partial charge on any atom is -0.455 e. The summed E-state index contributed by atoms with van der Waals surface area (Å²) in [5.74, 6) is 0.472. The molecule has 0 aliphatic carbocycles. The third-order valence-electron chi connectivity index (χ3n) is 5.63. The zero-order chi connectivity index (χ0) is 21.9. The topological polar surface area (TPSA) is 94.7 Å². The highest BCUT2D eigenvalue weighted by atomic mass is 16.5. The molecule has 0 spiro atoms. The van der Waals surface area contributed by atoms with Gasteiger partial charge in [0.15, 0.2) is 6.73 Å². The van der Waals surface area contributed by atoms with Gasteiger partial charge in [-0.1, -0.05) is 12.1 Å². The molecule has 9 heteroatoms. The minimum atomic E-state index is -0.194. The molecule has 1 saturated heterocycles. The number of fused-ring (bicyclic) bond motifs is 1. The molecule has 2 aliphatic rings. The Morgan fingerprint density at radius 3 is 2.62 bits per heavy atom. The van der Waals surface area contributed by atoms with Crippen LogP contribution in [0.5, 0.6) is 5.88 Å². The summed E-state index contributed by atoms with van der Waals surface area (Å²) in [6, 6.07) is 15.8. The fourth-order valence-electron chi connectivity index (χ4n) is 3.92. The van der Waals surface area contributed by atoms with Crippen LogP contribution in [0.3, 0.4) is 0 Å². The SMILES string of the molecule is CNc1ccccc1N1COc2nc(Nc3ccc(N4CCNCC4)cc3)ncc2C1=O. The number of rotatable bonds is 5. The Morgan fingerprint density at radius 2 is 1.84 bits per heavy atom. The van der Waals surface area contributed by atoms with Gasteiger partial charge in [-0.3, -0.25) is 9.69 Å². The lowest BCUT2D eigenvalue weighted by Crippen LogP contribution is -2.43. The van der Waals surface area contributed by atoms with E-state index in [0.29, 0.717) is 11.5 Å². The van der Waals surface area contributed by atoms with Gasteiger partial charge in [0.2, 0.25) is 11.8 Å². The van der Waals surface area contributed by atoms with Crippen LogP contribution in [-0.4, -0.2) is 55.8 Å². The molecule has 2 aliphatic heterocycles. The molecule has 0 bridgehead atoms. The third kappa shape index (κ3) is 3.90. The Hall–Kier alpha value is -3.85. The molecule has 1 amide bonds. The van der Waals surface area contributed by atoms with Crippen LogP contribution < -0.4 is 30.5 Å². The Bertz CT molecular complexity index is 1110. The number of benzene rings is 2. The third-order valence-corrected chi connectivity index (χ3v) is 5.63. The zero-order valence-electron chi connectivity index (χ0n) is 17.8. The summed E-state index contributed by atoms with van der Waals surface area (Å²) < 4.78 is 5.81. The van der Waals surface area contributed by atoms with E-state index in [9.17, 15) is 4.79 Å². The summed E-state index contributed by atoms with van der Waals surface area (Å²) in [5, 5.41) is 9.66. The number of hydrogen-bond donors (Lipinski definition) is 3. The van der Waals surface area contributed by atoms with Crippen LogP contribution in [0.2, 0.25) is 0 Å². The first-order valence-electron chi connectivity index (χ1n) is 10.6. The van der Waals surface area contributed by atoms with Crippen LogP contribution in [0, 0.1) is 0 Å². The van der Waals surface area contributed by atoms with Crippen LogP contribution in [0.4, 0.5) is 28.7 Å². The van der Waals surface area contributed by atoms with Gasteiger partial charge in [-0.05, 0) is 36.4 Å². The largest absolute Gasteiger partial charge is 0.455 e. The average molecular weight is 432 g/mol. The van der Waals surface area contributed by atoms with E-state index in [2.05, 4.69) is 43.0 Å². The minimum absolute atomic E-state index is 0.0837. The van der Waals surface area contributed by atoms with Crippen molar-refractivity contribution < 1.29 is 9.53 Å². The molecule has 164 valence electrons. The van der Waals surface area contributed by atoms with Gasteiger partial charge in [0.25, 0.3) is 5.91 Å². The summed E-state index contributed by atoms with van der Waals surface area (Å²) in [7, 11) is 1.82. The van der Waals surface area contributed by atoms with Crippen molar-refractivity contribution in [2.45, 2.75) is 0 Å². The molecule has 3 heterocycles. The highest BCUT2D eigenvalue weighted by molar-refractivity contribution is 6.09. The number of hydrogen-bond acceptors (Lipinski definition) is 8. The molecule has 32 heavy (non-hydrogen) atoms. The second kappa shape index (κ2) is 8.72. The molecule has 1 aromatic heterocycles. The van der Waals surface area contributed by atoms with Crippen LogP contribution in [0.1, 0.15) is 10.4 Å². The average Bonchev–Trinajstić information content (AvgIpc) is 2.85. The van der Waals surface area contributed by atoms with E-state index < -0.39 is 0 Å². The van der Waals surface area contributed by atoms with Crippen molar-refractivity contribution in [2.75, 3.05) is 60.4 Å². The van der Waals surface area contributed by atoms with Crippen molar-refractivity contribution in [1.29, 1.82) is 0 Å². The van der Waals surface area contributed by atoms with Crippen LogP contribution in [0.25, 0.3) is 0 Å². The van der Waals surface area contributed by atoms with Crippen LogP contribution in [0.15, 0.2) is 54.7 Å². The molecule has 5 rings (SSSR count). The molecule has 0 saturated carbocycles. The first-order chi connectivity index (χ1) is 15.7. The molecule has 0 atom stereocenters. The van der Waals surface area contributed by atoms with Gasteiger partial charge in [-0.15, -0.1) is 0 Å². The summed E-state index contributed by atoms with van der Waals surface area (Å²) >= 11 is 0. The lowest BCUT2D eigenvalue weighted by molar-refractivity contribution is 0.0933. The number of anilines is 5. The van der Waals surface area contributed by atoms with Gasteiger partial charge in [0.1, 0.15) is 5.56 Å². The van der Waals surface area contributed by atoms with Gasteiger partial charge in [-0.2, -0.15) is 4.98 Å². The predicted molar refractivity (Wildman–Crippen MR) is 125 cm³/mol. The highest BCUT2D eigenvalue weighted by Crippen LogP contribution is 2.32. The van der Waals surface area contributed by atoms with E-state index in [1.165, 1.54) is 11.9 Å². The van der Waals surface area contributed by atoms with Crippen LogP contribution in [-0.2, 0) is 0 Å². The lowest BCUT2D eigenvalue weighted by atomic mass is 10.2. The number of nitrogens with zero attached hydrogens (tertiary/aromatic N) is 4. The zero-order valence-corrected chi connectivity index (χ0v) is 17.8. The summed E-state index contributed by atoms with van der Waals surface area (Å²) in [6.45, 7) is 4.09. The molecule has 0 unspecified atom stereocenters. The Labute approximate surface area is 186 Å². The maximum absolute atomic E-state index is 13.1. The number of amides is 1. The van der Waals surface area contributed by atoms with Gasteiger partial charge < -0.3 is 25.6 Å². The quantitative estimate of drug-likeness (QED) is 0.568. The molecule has 1 fully saturated rings. The van der Waals surface area contributed by atoms with E-state index in [4.69, 9.17) is 4.74 Å². The first kappa shape index (κ1) is 20.1. The lowest BCUT2D eigenvalue weighted by Gasteiger charge is -2.29. The van der Waals surface area contributed by atoms with E-state index in [-0.39, 0.29) is 18.5 Å². The summed E-state index contributed by atoms with van der Waals surface area (Å²) in [6.07, 6.45) is 1.51. The van der Waals surface area contributed by atoms with Gasteiger partial charge >= 0.3 is 0 Å². The van der Waals surface area contributed by atoms with Crippen molar-refractivity contribution in [3.05, 3.63) is 60.3 Å². The number of para-hydroxylation sites is 2. The molecular weight excluding hydrogens is 406 g/mol. The number of aromatic nitrogens is 2. The summed E-state index contributed by atoms with van der Waals surface area (Å²) in [5.41, 5.74) is 3.99. The molecule has 3 aromatic rings. The normalized spacial score (nSPS) is 15.7. The molecule has 9 nitrogen and oxygen atoms in total. The van der Waals surface area contributed by atoms with Crippen molar-refractivity contribution in [1.82, 2.24) is 15.3 Å². The van der Waals surface area contributed by atoms with Crippen molar-refractivity contribution in [3.63, 3.8) is 0 Å². The summed E-state index contributed by atoms with van der Waals surface area (Å²) in [4.78, 5) is 25.7. The number of piperazine rings is 1. The van der Waals surface area contributed by atoms with E-state index >= 15 is 0 Å². The standard InChI is InChI=1S/C23H25N7O2/c1-24-19-4-2-3-5-20(19)30-15-32-21-18(22(30)31)14-26-23(28-21)27-16-6-8-17(9-7-16)29-12-10-25-11-13-29/h2-9,14,24-25H,10-13,15H2,1H3,(H,26,27,28). The first-order valence-corrected chi connectivity index (χ1v) is 10.6. The molecular formula is C23H25N7O2. The number of ether oxygens (including phenoxy) is 1. The number of nitrogens with one attached hydrogen (secondary N) is 3. The molecule has 0 radical (unpaired) electrons. The highest BCUT2D eigenvalue weighted by Gasteiger charge is 2.30. The number of carbonyl (C=O) groups excluding carboxylic acids is 1. The monoisotopic (exact) mass is 431 g/mol. The van der Waals surface area contributed by atoms with Crippen molar-refractivity contribution in [2.24, 2.45) is 0 Å². The van der Waals surface area contributed by atoms with E-state index in [1.807, 2.05) is 43.4 Å². The van der Waals surface area contributed by atoms with Crippen molar-refractivity contribution >= 4 is 34.6 Å². The molecule has 2 aromatic carbocycles. The molecule has 3 N–H and O–H groups in total.